The van der Waals surface area contributed by atoms with Crippen LogP contribution in [-0.4, -0.2) is 23.1 Å². The largest absolute Gasteiger partial charge is 0.465 e. The number of hydrogen-bond donors (Lipinski definition) is 0. The van der Waals surface area contributed by atoms with Gasteiger partial charge in [-0.15, -0.1) is 0 Å². The molecule has 0 unspecified atom stereocenters. The van der Waals surface area contributed by atoms with Crippen LogP contribution in [0.2, 0.25) is 0 Å². The van der Waals surface area contributed by atoms with Gasteiger partial charge in [-0.2, -0.15) is 4.99 Å². The van der Waals surface area contributed by atoms with Crippen molar-refractivity contribution >= 4 is 33.4 Å². The highest BCUT2D eigenvalue weighted by atomic mass is 32.1. The number of esters is 1. The first-order valence-corrected chi connectivity index (χ1v) is 9.77. The highest BCUT2D eigenvalue weighted by Crippen LogP contribution is 2.22. The van der Waals surface area contributed by atoms with Gasteiger partial charge in [0, 0.05) is 0 Å². The van der Waals surface area contributed by atoms with E-state index in [0.29, 0.717) is 10.4 Å². The first-order chi connectivity index (χ1) is 13.4. The molecule has 2 aromatic carbocycles. The first-order valence-electron chi connectivity index (χ1n) is 8.95. The van der Waals surface area contributed by atoms with Crippen molar-refractivity contribution in [3.63, 3.8) is 0 Å². The van der Waals surface area contributed by atoms with E-state index in [4.69, 9.17) is 4.74 Å². The predicted molar refractivity (Wildman–Crippen MR) is 107 cm³/mol. The summed E-state index contributed by atoms with van der Waals surface area (Å²) >= 11 is 1.36. The number of ether oxygens (including phenoxy) is 1. The molecule has 0 aliphatic heterocycles. The summed E-state index contributed by atoms with van der Waals surface area (Å²) in [5.41, 5.74) is 3.74. The molecule has 1 aromatic heterocycles. The van der Waals surface area contributed by atoms with Gasteiger partial charge in [0.05, 0.1) is 23.2 Å². The lowest BCUT2D eigenvalue weighted by Gasteiger charge is -2.06. The lowest BCUT2D eigenvalue weighted by atomic mass is 10.1. The molecule has 7 heteroatoms. The fraction of sp³-hybridized carbons (Fsp3) is 0.286. The van der Waals surface area contributed by atoms with Gasteiger partial charge in [0.25, 0.3) is 5.91 Å². The van der Waals surface area contributed by atoms with Crippen molar-refractivity contribution in [2.75, 3.05) is 6.61 Å². The van der Waals surface area contributed by atoms with Gasteiger partial charge in [0.1, 0.15) is 12.4 Å². The molecule has 1 heterocycles. The lowest BCUT2D eigenvalue weighted by molar-refractivity contribution is -0.143. The Balaban J connectivity index is 2.02. The summed E-state index contributed by atoms with van der Waals surface area (Å²) in [5, 5.41) is 0. The number of nitrogens with zero attached hydrogens (tertiary/aromatic N) is 2. The summed E-state index contributed by atoms with van der Waals surface area (Å²) in [6, 6.07) is 9.77. The Bertz CT molecular complexity index is 1100. The van der Waals surface area contributed by atoms with Crippen LogP contribution in [0.15, 0.2) is 41.4 Å². The van der Waals surface area contributed by atoms with Gasteiger partial charge < -0.3 is 9.30 Å². The van der Waals surface area contributed by atoms with Gasteiger partial charge >= 0.3 is 5.97 Å². The van der Waals surface area contributed by atoms with E-state index >= 15 is 0 Å². The molecule has 0 N–H and O–H groups in total. The Morgan fingerprint density at radius 2 is 1.82 bits per heavy atom. The number of rotatable bonds is 5. The molecule has 3 rings (SSSR count). The smallest absolute Gasteiger partial charge is 0.326 e. The van der Waals surface area contributed by atoms with Crippen LogP contribution in [0.3, 0.4) is 0 Å². The third kappa shape index (κ3) is 4.54. The maximum atomic E-state index is 13.0. The minimum Gasteiger partial charge on any atom is -0.465 e. The summed E-state index contributed by atoms with van der Waals surface area (Å²) in [5.74, 6) is -1.09. The van der Waals surface area contributed by atoms with Crippen molar-refractivity contribution in [3.8, 4) is 0 Å². The number of halogens is 1. The number of aryl methyl sites for hydroxylation is 2. The molecule has 0 radical (unpaired) electrons. The fourth-order valence-corrected chi connectivity index (χ4v) is 3.95. The van der Waals surface area contributed by atoms with E-state index in [9.17, 15) is 14.0 Å². The Kier molecular flexibility index (Phi) is 6.04. The maximum Gasteiger partial charge on any atom is 0.326 e. The minimum absolute atomic E-state index is 0.0149. The highest BCUT2D eigenvalue weighted by molar-refractivity contribution is 7.16. The van der Waals surface area contributed by atoms with E-state index < -0.39 is 0 Å². The molecule has 0 aliphatic rings. The summed E-state index contributed by atoms with van der Waals surface area (Å²) in [6.07, 6.45) is 0.0615. The normalized spacial score (nSPS) is 11.8. The number of amides is 1. The minimum atomic E-state index is -0.382. The van der Waals surface area contributed by atoms with Crippen molar-refractivity contribution in [2.24, 2.45) is 4.99 Å². The van der Waals surface area contributed by atoms with Gasteiger partial charge in [-0.05, 0) is 61.7 Å². The molecule has 0 aliphatic carbocycles. The van der Waals surface area contributed by atoms with Crippen LogP contribution < -0.4 is 4.80 Å². The highest BCUT2D eigenvalue weighted by Gasteiger charge is 2.13. The van der Waals surface area contributed by atoms with Crippen LogP contribution in [0.4, 0.5) is 4.39 Å². The van der Waals surface area contributed by atoms with E-state index in [1.807, 2.05) is 26.0 Å². The Labute approximate surface area is 166 Å². The summed E-state index contributed by atoms with van der Waals surface area (Å²) < 4.78 is 20.8. The Hall–Kier alpha value is -2.80. The molecule has 0 fully saturated rings. The average molecular weight is 400 g/mol. The molecular weight excluding hydrogens is 379 g/mol. The molecule has 28 heavy (non-hydrogen) atoms. The second-order valence-corrected chi connectivity index (χ2v) is 7.50. The first kappa shape index (κ1) is 19.9. The topological polar surface area (TPSA) is 60.7 Å². The molecule has 5 nitrogen and oxygen atoms in total. The van der Waals surface area contributed by atoms with Crippen LogP contribution in [0, 0.1) is 19.7 Å². The molecular formula is C21H21FN2O3S. The van der Waals surface area contributed by atoms with Crippen LogP contribution in [-0.2, 0) is 27.3 Å². The van der Waals surface area contributed by atoms with Crippen molar-refractivity contribution in [3.05, 3.63) is 63.7 Å². The zero-order valence-corrected chi connectivity index (χ0v) is 16.8. The molecule has 3 aromatic rings. The van der Waals surface area contributed by atoms with Gasteiger partial charge in [-0.25, -0.2) is 4.39 Å². The van der Waals surface area contributed by atoms with Crippen LogP contribution >= 0.6 is 11.3 Å². The van der Waals surface area contributed by atoms with Crippen LogP contribution in [0.5, 0.6) is 0 Å². The number of aromatic nitrogens is 1. The monoisotopic (exact) mass is 400 g/mol. The van der Waals surface area contributed by atoms with E-state index in [1.165, 1.54) is 23.5 Å². The van der Waals surface area contributed by atoms with Gasteiger partial charge in [-0.1, -0.05) is 23.5 Å². The molecule has 146 valence electrons. The number of benzene rings is 2. The number of fused-ring (bicyclic) bond motifs is 1. The number of carbonyl (C=O) groups is 2. The average Bonchev–Trinajstić information content (AvgIpc) is 2.94. The number of thiazole rings is 1. The molecule has 1 amide bonds. The van der Waals surface area contributed by atoms with Crippen molar-refractivity contribution in [1.29, 1.82) is 0 Å². The van der Waals surface area contributed by atoms with Crippen molar-refractivity contribution in [1.82, 2.24) is 4.57 Å². The fourth-order valence-electron chi connectivity index (χ4n) is 2.82. The van der Waals surface area contributed by atoms with Gasteiger partial charge in [0.15, 0.2) is 4.80 Å². The number of hydrogen-bond acceptors (Lipinski definition) is 4. The molecule has 0 atom stereocenters. The quantitative estimate of drug-likeness (QED) is 0.614. The molecule has 0 saturated heterocycles. The summed E-state index contributed by atoms with van der Waals surface area (Å²) in [7, 11) is 0. The van der Waals surface area contributed by atoms with E-state index in [2.05, 4.69) is 4.99 Å². The molecule has 0 bridgehead atoms. The van der Waals surface area contributed by atoms with E-state index in [1.54, 1.807) is 23.6 Å². The predicted octanol–water partition coefficient (Wildman–Crippen LogP) is 3.69. The van der Waals surface area contributed by atoms with E-state index in [-0.39, 0.29) is 37.3 Å². The zero-order valence-electron chi connectivity index (χ0n) is 16.0. The SMILES string of the molecule is CCOC(=O)Cn1c(=NC(=O)Cc2ccc(F)cc2)sc2cc(C)c(C)cc21. The Morgan fingerprint density at radius 3 is 2.50 bits per heavy atom. The van der Waals surface area contributed by atoms with Crippen LogP contribution in [0.1, 0.15) is 23.6 Å². The second-order valence-electron chi connectivity index (χ2n) is 6.49. The second kappa shape index (κ2) is 8.48. The van der Waals surface area contributed by atoms with Crippen LogP contribution in [0.25, 0.3) is 10.2 Å². The lowest BCUT2D eigenvalue weighted by Crippen LogP contribution is -2.23. The zero-order chi connectivity index (χ0) is 20.3. The third-order valence-electron chi connectivity index (χ3n) is 4.38. The number of carbonyl (C=O) groups excluding carboxylic acids is 2. The van der Waals surface area contributed by atoms with Crippen molar-refractivity contribution < 1.29 is 18.7 Å². The summed E-state index contributed by atoms with van der Waals surface area (Å²) in [6.45, 7) is 6.03. The van der Waals surface area contributed by atoms with Gasteiger partial charge in [-0.3, -0.25) is 9.59 Å². The van der Waals surface area contributed by atoms with Gasteiger partial charge in [0.2, 0.25) is 0 Å². The third-order valence-corrected chi connectivity index (χ3v) is 5.42. The molecule has 0 saturated carbocycles. The van der Waals surface area contributed by atoms with E-state index in [0.717, 1.165) is 21.3 Å². The summed E-state index contributed by atoms with van der Waals surface area (Å²) in [4.78, 5) is 29.2. The molecule has 0 spiro atoms. The van der Waals surface area contributed by atoms with Crippen molar-refractivity contribution in [2.45, 2.75) is 33.7 Å². The maximum absolute atomic E-state index is 13.0. The Morgan fingerprint density at radius 1 is 1.14 bits per heavy atom. The standard InChI is InChI=1S/C21H21FN2O3S/c1-4-27-20(26)12-24-17-9-13(2)14(3)10-18(17)28-21(24)23-19(25)11-15-5-7-16(22)8-6-15/h5-10H,4,11-12H2,1-3H3.